The van der Waals surface area contributed by atoms with Crippen molar-refractivity contribution < 1.29 is 0 Å². The van der Waals surface area contributed by atoms with Gasteiger partial charge < -0.3 is 5.32 Å². The molecule has 1 saturated carbocycles. The molecule has 21 heavy (non-hydrogen) atoms. The SMILES string of the molecule is CCCCC(CC)CC(NCC)C1CCC(C(C)C)CC1. The second-order valence-electron chi connectivity index (χ2n) is 7.74. The van der Waals surface area contributed by atoms with Gasteiger partial charge >= 0.3 is 0 Å². The van der Waals surface area contributed by atoms with Crippen molar-refractivity contribution in [1.29, 1.82) is 0 Å². The van der Waals surface area contributed by atoms with E-state index in [1.54, 1.807) is 0 Å². The maximum absolute atomic E-state index is 3.84. The third-order valence-electron chi connectivity index (χ3n) is 5.93. The van der Waals surface area contributed by atoms with Gasteiger partial charge in [-0.1, -0.05) is 60.3 Å². The molecule has 1 rings (SSSR count). The lowest BCUT2D eigenvalue weighted by molar-refractivity contribution is 0.171. The number of hydrogen-bond acceptors (Lipinski definition) is 1. The van der Waals surface area contributed by atoms with Crippen LogP contribution in [-0.4, -0.2) is 12.6 Å². The topological polar surface area (TPSA) is 12.0 Å². The molecule has 1 aliphatic carbocycles. The molecule has 0 bridgehead atoms. The normalized spacial score (nSPS) is 26.0. The van der Waals surface area contributed by atoms with Gasteiger partial charge in [-0.3, -0.25) is 0 Å². The Morgan fingerprint density at radius 2 is 1.57 bits per heavy atom. The third-order valence-corrected chi connectivity index (χ3v) is 5.93. The van der Waals surface area contributed by atoms with Crippen molar-refractivity contribution in [1.82, 2.24) is 5.32 Å². The molecular formula is C20H41N. The van der Waals surface area contributed by atoms with Crippen LogP contribution in [0.5, 0.6) is 0 Å². The van der Waals surface area contributed by atoms with Crippen LogP contribution in [0.4, 0.5) is 0 Å². The Kier molecular flexibility index (Phi) is 9.64. The van der Waals surface area contributed by atoms with Crippen LogP contribution >= 0.6 is 0 Å². The Labute approximate surface area is 134 Å². The van der Waals surface area contributed by atoms with Crippen LogP contribution in [0.1, 0.15) is 92.4 Å². The molecular weight excluding hydrogens is 254 g/mol. The minimum absolute atomic E-state index is 0.782. The average molecular weight is 296 g/mol. The first kappa shape index (κ1) is 19.0. The highest BCUT2D eigenvalue weighted by atomic mass is 14.9. The van der Waals surface area contributed by atoms with Gasteiger partial charge in [0.15, 0.2) is 0 Å². The molecule has 0 aromatic heterocycles. The fraction of sp³-hybridized carbons (Fsp3) is 1.00. The molecule has 0 aromatic carbocycles. The number of rotatable bonds is 10. The summed E-state index contributed by atoms with van der Waals surface area (Å²) in [5.74, 6) is 3.76. The fourth-order valence-electron chi connectivity index (χ4n) is 4.26. The minimum Gasteiger partial charge on any atom is -0.314 e. The van der Waals surface area contributed by atoms with Gasteiger partial charge in [0.1, 0.15) is 0 Å². The zero-order valence-electron chi connectivity index (χ0n) is 15.5. The second-order valence-corrected chi connectivity index (χ2v) is 7.74. The van der Waals surface area contributed by atoms with E-state index in [1.165, 1.54) is 57.8 Å². The van der Waals surface area contributed by atoms with Crippen LogP contribution in [0, 0.1) is 23.7 Å². The van der Waals surface area contributed by atoms with Crippen molar-refractivity contribution in [3.63, 3.8) is 0 Å². The molecule has 0 spiro atoms. The van der Waals surface area contributed by atoms with Gasteiger partial charge in [0.05, 0.1) is 0 Å². The first-order valence-electron chi connectivity index (χ1n) is 9.85. The summed E-state index contributed by atoms with van der Waals surface area (Å²) < 4.78 is 0. The van der Waals surface area contributed by atoms with Crippen molar-refractivity contribution in [2.24, 2.45) is 23.7 Å². The average Bonchev–Trinajstić information content (AvgIpc) is 2.50. The van der Waals surface area contributed by atoms with Crippen molar-refractivity contribution in [2.45, 2.75) is 98.4 Å². The Morgan fingerprint density at radius 3 is 2.05 bits per heavy atom. The van der Waals surface area contributed by atoms with Crippen molar-refractivity contribution in [3.05, 3.63) is 0 Å². The van der Waals surface area contributed by atoms with Gasteiger partial charge in [-0.05, 0) is 62.3 Å². The van der Waals surface area contributed by atoms with E-state index in [2.05, 4.69) is 39.9 Å². The monoisotopic (exact) mass is 295 g/mol. The van der Waals surface area contributed by atoms with Crippen LogP contribution in [-0.2, 0) is 0 Å². The van der Waals surface area contributed by atoms with Gasteiger partial charge in [0.2, 0.25) is 0 Å². The number of hydrogen-bond donors (Lipinski definition) is 1. The molecule has 0 saturated heterocycles. The second kappa shape index (κ2) is 10.6. The van der Waals surface area contributed by atoms with Gasteiger partial charge in [-0.15, -0.1) is 0 Å². The molecule has 0 aliphatic heterocycles. The summed E-state index contributed by atoms with van der Waals surface area (Å²) >= 11 is 0. The lowest BCUT2D eigenvalue weighted by Crippen LogP contribution is -2.40. The van der Waals surface area contributed by atoms with E-state index >= 15 is 0 Å². The summed E-state index contributed by atoms with van der Waals surface area (Å²) in [6.45, 7) is 12.9. The summed E-state index contributed by atoms with van der Waals surface area (Å²) in [4.78, 5) is 0. The summed E-state index contributed by atoms with van der Waals surface area (Å²) in [6, 6.07) is 0.782. The highest BCUT2D eigenvalue weighted by Crippen LogP contribution is 2.36. The van der Waals surface area contributed by atoms with Crippen molar-refractivity contribution in [3.8, 4) is 0 Å². The Morgan fingerprint density at radius 1 is 0.952 bits per heavy atom. The van der Waals surface area contributed by atoms with E-state index in [4.69, 9.17) is 0 Å². The van der Waals surface area contributed by atoms with E-state index < -0.39 is 0 Å². The van der Waals surface area contributed by atoms with E-state index in [9.17, 15) is 0 Å². The molecule has 126 valence electrons. The minimum atomic E-state index is 0.782. The van der Waals surface area contributed by atoms with Gasteiger partial charge in [-0.2, -0.15) is 0 Å². The summed E-state index contributed by atoms with van der Waals surface area (Å²) in [5, 5.41) is 3.84. The van der Waals surface area contributed by atoms with Crippen molar-refractivity contribution in [2.75, 3.05) is 6.54 Å². The van der Waals surface area contributed by atoms with Gasteiger partial charge in [-0.25, -0.2) is 0 Å². The maximum Gasteiger partial charge on any atom is 0.00978 e. The molecule has 1 nitrogen and oxygen atoms in total. The quantitative estimate of drug-likeness (QED) is 0.518. The molecule has 1 heteroatoms. The van der Waals surface area contributed by atoms with Crippen LogP contribution in [0.3, 0.4) is 0 Å². The molecule has 2 atom stereocenters. The largest absolute Gasteiger partial charge is 0.314 e. The molecule has 0 amide bonds. The van der Waals surface area contributed by atoms with Crippen LogP contribution < -0.4 is 5.32 Å². The lowest BCUT2D eigenvalue weighted by atomic mass is 9.73. The van der Waals surface area contributed by atoms with Gasteiger partial charge in [0.25, 0.3) is 0 Å². The van der Waals surface area contributed by atoms with E-state index in [1.807, 2.05) is 0 Å². The van der Waals surface area contributed by atoms with E-state index in [-0.39, 0.29) is 0 Å². The molecule has 2 unspecified atom stereocenters. The standard InChI is InChI=1S/C20H41N/c1-6-9-10-17(7-2)15-20(21-8-3)19-13-11-18(12-14-19)16(4)5/h16-21H,6-15H2,1-5H3. The Balaban J connectivity index is 2.48. The van der Waals surface area contributed by atoms with Crippen LogP contribution in [0.2, 0.25) is 0 Å². The van der Waals surface area contributed by atoms with E-state index in [0.29, 0.717) is 0 Å². The number of unbranched alkanes of at least 4 members (excludes halogenated alkanes) is 1. The predicted octanol–water partition coefficient (Wildman–Crippen LogP) is 6.03. The first-order chi connectivity index (χ1) is 10.1. The Bertz CT molecular complexity index is 240. The zero-order chi connectivity index (χ0) is 15.7. The molecule has 0 radical (unpaired) electrons. The summed E-state index contributed by atoms with van der Waals surface area (Å²) in [6.07, 6.45) is 12.8. The van der Waals surface area contributed by atoms with Crippen LogP contribution in [0.15, 0.2) is 0 Å². The zero-order valence-corrected chi connectivity index (χ0v) is 15.5. The highest BCUT2D eigenvalue weighted by molar-refractivity contribution is 4.84. The molecule has 1 aliphatic rings. The molecule has 1 N–H and O–H groups in total. The predicted molar refractivity (Wildman–Crippen MR) is 95.7 cm³/mol. The maximum atomic E-state index is 3.84. The highest BCUT2D eigenvalue weighted by Gasteiger charge is 2.29. The molecule has 0 heterocycles. The lowest BCUT2D eigenvalue weighted by Gasteiger charge is -2.37. The van der Waals surface area contributed by atoms with Gasteiger partial charge in [0, 0.05) is 6.04 Å². The summed E-state index contributed by atoms with van der Waals surface area (Å²) in [5.41, 5.74) is 0. The van der Waals surface area contributed by atoms with Crippen LogP contribution in [0.25, 0.3) is 0 Å². The fourth-order valence-corrected chi connectivity index (χ4v) is 4.26. The molecule has 1 fully saturated rings. The van der Waals surface area contributed by atoms with E-state index in [0.717, 1.165) is 36.3 Å². The smallest absolute Gasteiger partial charge is 0.00978 e. The number of nitrogens with one attached hydrogen (secondary N) is 1. The molecule has 0 aromatic rings. The first-order valence-corrected chi connectivity index (χ1v) is 9.85. The van der Waals surface area contributed by atoms with Crippen molar-refractivity contribution >= 4 is 0 Å². The Hall–Kier alpha value is -0.0400. The third kappa shape index (κ3) is 6.72. The summed E-state index contributed by atoms with van der Waals surface area (Å²) in [7, 11) is 0.